The largest absolute Gasteiger partial charge is 0.389 e. The van der Waals surface area contributed by atoms with Gasteiger partial charge in [0, 0.05) is 25.2 Å². The lowest BCUT2D eigenvalue weighted by Gasteiger charge is -2.41. The second-order valence-electron chi connectivity index (χ2n) is 6.80. The normalized spacial score (nSPS) is 23.8. The zero-order valence-electron chi connectivity index (χ0n) is 12.8. The second-order valence-corrected chi connectivity index (χ2v) is 6.80. The molecule has 1 saturated carbocycles. The van der Waals surface area contributed by atoms with E-state index in [-0.39, 0.29) is 17.9 Å². The van der Waals surface area contributed by atoms with E-state index in [4.69, 9.17) is 4.74 Å². The molecule has 2 N–H and O–H groups in total. The van der Waals surface area contributed by atoms with Crippen LogP contribution in [0.25, 0.3) is 0 Å². The number of ether oxygens (including phenoxy) is 1. The monoisotopic (exact) mass is 284 g/mol. The highest BCUT2D eigenvalue weighted by Crippen LogP contribution is 2.32. The van der Waals surface area contributed by atoms with E-state index in [0.29, 0.717) is 6.54 Å². The Labute approximate surface area is 121 Å². The molecule has 2 rings (SSSR count). The van der Waals surface area contributed by atoms with Gasteiger partial charge in [0.1, 0.15) is 0 Å². The summed E-state index contributed by atoms with van der Waals surface area (Å²) in [6.45, 7) is 8.24. The van der Waals surface area contributed by atoms with Crippen molar-refractivity contribution in [3.05, 3.63) is 0 Å². The van der Waals surface area contributed by atoms with Gasteiger partial charge < -0.3 is 15.2 Å². The summed E-state index contributed by atoms with van der Waals surface area (Å²) >= 11 is 0. The lowest BCUT2D eigenvalue weighted by molar-refractivity contribution is -0.126. The standard InChI is InChI=1S/C15H28N2O3/c1-14(2,17-7-9-20-10-8-17)12-16-13(18)11-15(19)5-3-4-6-15/h19H,3-12H2,1-2H3,(H,16,18). The number of nitrogens with zero attached hydrogens (tertiary/aromatic N) is 1. The molecule has 0 bridgehead atoms. The second kappa shape index (κ2) is 6.41. The zero-order chi connectivity index (χ0) is 14.6. The van der Waals surface area contributed by atoms with Crippen LogP contribution in [-0.2, 0) is 9.53 Å². The predicted octanol–water partition coefficient (Wildman–Crippen LogP) is 0.909. The topological polar surface area (TPSA) is 61.8 Å². The predicted molar refractivity (Wildman–Crippen MR) is 77.5 cm³/mol. The number of carbonyl (C=O) groups excluding carboxylic acids is 1. The first kappa shape index (κ1) is 15.7. The number of amides is 1. The summed E-state index contributed by atoms with van der Waals surface area (Å²) in [4.78, 5) is 14.4. The molecule has 116 valence electrons. The Balaban J connectivity index is 1.76. The minimum absolute atomic E-state index is 0.0317. The molecule has 2 fully saturated rings. The summed E-state index contributed by atoms with van der Waals surface area (Å²) in [6.07, 6.45) is 3.82. The van der Waals surface area contributed by atoms with Crippen molar-refractivity contribution < 1.29 is 14.6 Å². The number of aliphatic hydroxyl groups is 1. The van der Waals surface area contributed by atoms with Crippen molar-refractivity contribution >= 4 is 5.91 Å². The fraction of sp³-hybridized carbons (Fsp3) is 0.933. The molecule has 0 radical (unpaired) electrons. The van der Waals surface area contributed by atoms with Crippen molar-refractivity contribution in [3.63, 3.8) is 0 Å². The molecule has 0 aromatic carbocycles. The third-order valence-corrected chi connectivity index (χ3v) is 4.61. The van der Waals surface area contributed by atoms with Gasteiger partial charge in [0.05, 0.1) is 25.2 Å². The fourth-order valence-electron chi connectivity index (χ4n) is 3.17. The molecule has 0 spiro atoms. The highest BCUT2D eigenvalue weighted by Gasteiger charge is 2.34. The molecule has 0 aromatic heterocycles. The zero-order valence-corrected chi connectivity index (χ0v) is 12.8. The lowest BCUT2D eigenvalue weighted by atomic mass is 9.97. The van der Waals surface area contributed by atoms with Crippen LogP contribution in [0.2, 0.25) is 0 Å². The molecule has 0 atom stereocenters. The number of nitrogens with one attached hydrogen (secondary N) is 1. The van der Waals surface area contributed by atoms with E-state index < -0.39 is 5.60 Å². The number of carbonyl (C=O) groups is 1. The van der Waals surface area contributed by atoms with Crippen molar-refractivity contribution in [2.45, 2.75) is 57.1 Å². The van der Waals surface area contributed by atoms with Crippen molar-refractivity contribution in [2.24, 2.45) is 0 Å². The maximum Gasteiger partial charge on any atom is 0.222 e. The van der Waals surface area contributed by atoms with Gasteiger partial charge in [0.15, 0.2) is 0 Å². The van der Waals surface area contributed by atoms with Gasteiger partial charge in [-0.2, -0.15) is 0 Å². The van der Waals surface area contributed by atoms with E-state index in [1.807, 2.05) is 0 Å². The fourth-order valence-corrected chi connectivity index (χ4v) is 3.17. The molecule has 0 unspecified atom stereocenters. The molecule has 0 aromatic rings. The SMILES string of the molecule is CC(C)(CNC(=O)CC1(O)CCCC1)N1CCOCC1. The van der Waals surface area contributed by atoms with Gasteiger partial charge >= 0.3 is 0 Å². The molecule has 5 nitrogen and oxygen atoms in total. The summed E-state index contributed by atoms with van der Waals surface area (Å²) in [5.74, 6) is -0.0317. The molecule has 1 heterocycles. The molecule has 1 aliphatic heterocycles. The molecule has 1 saturated heterocycles. The van der Waals surface area contributed by atoms with Gasteiger partial charge in [-0.05, 0) is 26.7 Å². The van der Waals surface area contributed by atoms with Gasteiger partial charge in [0.2, 0.25) is 5.91 Å². The first-order valence-electron chi connectivity index (χ1n) is 7.73. The van der Waals surface area contributed by atoms with Gasteiger partial charge in [-0.15, -0.1) is 0 Å². The first-order chi connectivity index (χ1) is 9.41. The Morgan fingerprint density at radius 3 is 2.50 bits per heavy atom. The van der Waals surface area contributed by atoms with Crippen LogP contribution in [0.4, 0.5) is 0 Å². The summed E-state index contributed by atoms with van der Waals surface area (Å²) in [6, 6.07) is 0. The van der Waals surface area contributed by atoms with Crippen LogP contribution in [0.3, 0.4) is 0 Å². The van der Waals surface area contributed by atoms with Gasteiger partial charge in [-0.1, -0.05) is 12.8 Å². The van der Waals surface area contributed by atoms with Crippen LogP contribution in [-0.4, -0.2) is 59.9 Å². The highest BCUT2D eigenvalue weighted by atomic mass is 16.5. The molecule has 5 heteroatoms. The van der Waals surface area contributed by atoms with Crippen molar-refractivity contribution in [2.75, 3.05) is 32.8 Å². The van der Waals surface area contributed by atoms with Crippen LogP contribution in [0.15, 0.2) is 0 Å². The Kier molecular flexibility index (Phi) is 5.04. The Bertz CT molecular complexity index is 332. The summed E-state index contributed by atoms with van der Waals surface area (Å²) in [7, 11) is 0. The Morgan fingerprint density at radius 2 is 1.90 bits per heavy atom. The molecule has 2 aliphatic rings. The minimum atomic E-state index is -0.757. The third kappa shape index (κ3) is 4.17. The Hall–Kier alpha value is -0.650. The molecule has 1 aliphatic carbocycles. The van der Waals surface area contributed by atoms with E-state index in [1.54, 1.807) is 0 Å². The third-order valence-electron chi connectivity index (χ3n) is 4.61. The van der Waals surface area contributed by atoms with E-state index in [1.165, 1.54) is 0 Å². The van der Waals surface area contributed by atoms with Gasteiger partial charge in [-0.25, -0.2) is 0 Å². The molecule has 20 heavy (non-hydrogen) atoms. The smallest absolute Gasteiger partial charge is 0.222 e. The number of hydrogen-bond donors (Lipinski definition) is 2. The average molecular weight is 284 g/mol. The van der Waals surface area contributed by atoms with Crippen molar-refractivity contribution in [3.8, 4) is 0 Å². The number of rotatable bonds is 5. The number of hydrogen-bond acceptors (Lipinski definition) is 4. The average Bonchev–Trinajstić information content (AvgIpc) is 2.84. The van der Waals surface area contributed by atoms with E-state index in [9.17, 15) is 9.90 Å². The van der Waals surface area contributed by atoms with Gasteiger partial charge in [0.25, 0.3) is 0 Å². The highest BCUT2D eigenvalue weighted by molar-refractivity contribution is 5.77. The van der Waals surface area contributed by atoms with E-state index in [0.717, 1.165) is 52.0 Å². The van der Waals surface area contributed by atoms with Crippen LogP contribution in [0, 0.1) is 0 Å². The van der Waals surface area contributed by atoms with E-state index in [2.05, 4.69) is 24.1 Å². The van der Waals surface area contributed by atoms with Crippen molar-refractivity contribution in [1.82, 2.24) is 10.2 Å². The van der Waals surface area contributed by atoms with Crippen LogP contribution in [0.1, 0.15) is 46.0 Å². The summed E-state index contributed by atoms with van der Waals surface area (Å²) < 4.78 is 5.36. The van der Waals surface area contributed by atoms with Gasteiger partial charge in [-0.3, -0.25) is 9.69 Å². The maximum absolute atomic E-state index is 12.0. The molecular weight excluding hydrogens is 256 g/mol. The number of morpholine rings is 1. The van der Waals surface area contributed by atoms with Crippen LogP contribution < -0.4 is 5.32 Å². The summed E-state index contributed by atoms with van der Waals surface area (Å²) in [5.41, 5.74) is -0.828. The Morgan fingerprint density at radius 1 is 1.30 bits per heavy atom. The van der Waals surface area contributed by atoms with E-state index >= 15 is 0 Å². The minimum Gasteiger partial charge on any atom is -0.389 e. The quantitative estimate of drug-likeness (QED) is 0.788. The van der Waals surface area contributed by atoms with Crippen LogP contribution in [0.5, 0.6) is 0 Å². The molecular formula is C15H28N2O3. The lowest BCUT2D eigenvalue weighted by Crippen LogP contribution is -2.55. The maximum atomic E-state index is 12.0. The van der Waals surface area contributed by atoms with Crippen LogP contribution >= 0.6 is 0 Å². The first-order valence-corrected chi connectivity index (χ1v) is 7.73. The summed E-state index contributed by atoms with van der Waals surface area (Å²) in [5, 5.41) is 13.2. The molecule has 1 amide bonds. The van der Waals surface area contributed by atoms with Crippen molar-refractivity contribution in [1.29, 1.82) is 0 Å².